The minimum absolute atomic E-state index is 0.0248. The molecule has 9 heteroatoms. The van der Waals surface area contributed by atoms with Crippen molar-refractivity contribution in [1.82, 2.24) is 5.43 Å². The molecule has 3 aromatic rings. The van der Waals surface area contributed by atoms with Crippen molar-refractivity contribution in [3.05, 3.63) is 89.2 Å². The Morgan fingerprint density at radius 1 is 1.09 bits per heavy atom. The van der Waals surface area contributed by atoms with Gasteiger partial charge >= 0.3 is 10.1 Å². The van der Waals surface area contributed by atoms with E-state index in [1.165, 1.54) is 31.4 Å². The third kappa shape index (κ3) is 5.92. The Morgan fingerprint density at radius 3 is 2.53 bits per heavy atom. The molecule has 1 N–H and O–H groups in total. The van der Waals surface area contributed by atoms with E-state index in [0.29, 0.717) is 11.3 Å². The van der Waals surface area contributed by atoms with Crippen molar-refractivity contribution in [2.45, 2.75) is 18.2 Å². The number of nitrogens with zero attached hydrogens (tertiary/aromatic N) is 1. The fourth-order valence-electron chi connectivity index (χ4n) is 2.76. The summed E-state index contributed by atoms with van der Waals surface area (Å²) in [5, 5.41) is 3.75. The SMILES string of the molecule is COc1cccc(CC(=O)N/N=C/c2c(F)cccc2OS(=O)(=O)c2ccc(C)cc2)c1. The van der Waals surface area contributed by atoms with E-state index < -0.39 is 21.8 Å². The van der Waals surface area contributed by atoms with Crippen molar-refractivity contribution in [3.8, 4) is 11.5 Å². The summed E-state index contributed by atoms with van der Waals surface area (Å²) >= 11 is 0. The third-order valence-electron chi connectivity index (χ3n) is 4.40. The van der Waals surface area contributed by atoms with Gasteiger partial charge in [-0.25, -0.2) is 9.82 Å². The van der Waals surface area contributed by atoms with Gasteiger partial charge in [-0.2, -0.15) is 13.5 Å². The second-order valence-electron chi connectivity index (χ2n) is 6.82. The number of aryl methyl sites for hydroxylation is 1. The number of amides is 1. The minimum atomic E-state index is -4.19. The molecule has 0 radical (unpaired) electrons. The lowest BCUT2D eigenvalue weighted by atomic mass is 10.1. The third-order valence-corrected chi connectivity index (χ3v) is 5.65. The highest BCUT2D eigenvalue weighted by atomic mass is 32.2. The van der Waals surface area contributed by atoms with Crippen LogP contribution in [0.1, 0.15) is 16.7 Å². The van der Waals surface area contributed by atoms with Gasteiger partial charge in [0.2, 0.25) is 5.91 Å². The zero-order chi connectivity index (χ0) is 23.1. The van der Waals surface area contributed by atoms with Crippen LogP contribution in [0.4, 0.5) is 4.39 Å². The van der Waals surface area contributed by atoms with Gasteiger partial charge in [-0.15, -0.1) is 0 Å². The van der Waals surface area contributed by atoms with Crippen molar-refractivity contribution in [1.29, 1.82) is 0 Å². The minimum Gasteiger partial charge on any atom is -0.497 e. The maximum Gasteiger partial charge on any atom is 0.339 e. The molecule has 3 aromatic carbocycles. The van der Waals surface area contributed by atoms with Gasteiger partial charge in [-0.1, -0.05) is 35.9 Å². The number of halogens is 1. The van der Waals surface area contributed by atoms with Crippen LogP contribution in [0.3, 0.4) is 0 Å². The first kappa shape index (κ1) is 23.0. The summed E-state index contributed by atoms with van der Waals surface area (Å²) in [5.41, 5.74) is 3.66. The molecule has 0 saturated carbocycles. The van der Waals surface area contributed by atoms with E-state index in [9.17, 15) is 17.6 Å². The van der Waals surface area contributed by atoms with E-state index in [2.05, 4.69) is 10.5 Å². The average molecular weight is 456 g/mol. The highest BCUT2D eigenvalue weighted by molar-refractivity contribution is 7.87. The van der Waals surface area contributed by atoms with Crippen LogP contribution >= 0.6 is 0 Å². The van der Waals surface area contributed by atoms with Crippen LogP contribution in [0, 0.1) is 12.7 Å². The number of carbonyl (C=O) groups is 1. The molecule has 7 nitrogen and oxygen atoms in total. The second kappa shape index (κ2) is 10.1. The first-order valence-corrected chi connectivity index (χ1v) is 10.9. The number of hydrogen-bond acceptors (Lipinski definition) is 6. The Hall–Kier alpha value is -3.72. The summed E-state index contributed by atoms with van der Waals surface area (Å²) in [6.45, 7) is 1.82. The molecule has 0 heterocycles. The molecule has 0 fully saturated rings. The van der Waals surface area contributed by atoms with E-state index in [1.54, 1.807) is 36.4 Å². The van der Waals surface area contributed by atoms with Crippen LogP contribution in [0.5, 0.6) is 11.5 Å². The predicted molar refractivity (Wildman–Crippen MR) is 118 cm³/mol. The zero-order valence-electron chi connectivity index (χ0n) is 17.4. The van der Waals surface area contributed by atoms with E-state index in [1.807, 2.05) is 6.92 Å². The van der Waals surface area contributed by atoms with Crippen molar-refractivity contribution in [2.75, 3.05) is 7.11 Å². The number of nitrogens with one attached hydrogen (secondary N) is 1. The first-order valence-electron chi connectivity index (χ1n) is 9.53. The number of ether oxygens (including phenoxy) is 1. The largest absolute Gasteiger partial charge is 0.497 e. The normalized spacial score (nSPS) is 11.3. The van der Waals surface area contributed by atoms with Crippen LogP contribution in [0.15, 0.2) is 76.7 Å². The Balaban J connectivity index is 1.73. The Morgan fingerprint density at radius 2 is 1.81 bits per heavy atom. The fourth-order valence-corrected chi connectivity index (χ4v) is 3.71. The van der Waals surface area contributed by atoms with Crippen LogP contribution in [0.25, 0.3) is 0 Å². The van der Waals surface area contributed by atoms with Gasteiger partial charge in [-0.05, 0) is 48.9 Å². The van der Waals surface area contributed by atoms with Crippen molar-refractivity contribution >= 4 is 22.2 Å². The Labute approximate surface area is 185 Å². The lowest BCUT2D eigenvalue weighted by Gasteiger charge is -2.10. The highest BCUT2D eigenvalue weighted by Gasteiger charge is 2.19. The van der Waals surface area contributed by atoms with Crippen LogP contribution in [-0.4, -0.2) is 27.6 Å². The Kier molecular flexibility index (Phi) is 7.21. The highest BCUT2D eigenvalue weighted by Crippen LogP contribution is 2.24. The lowest BCUT2D eigenvalue weighted by Crippen LogP contribution is -2.20. The van der Waals surface area contributed by atoms with E-state index >= 15 is 0 Å². The quantitative estimate of drug-likeness (QED) is 0.318. The molecule has 1 amide bonds. The van der Waals surface area contributed by atoms with Gasteiger partial charge in [0.1, 0.15) is 16.5 Å². The molecule has 3 rings (SSSR count). The number of hydrogen-bond donors (Lipinski definition) is 1. The topological polar surface area (TPSA) is 94.1 Å². The van der Waals surface area contributed by atoms with Crippen molar-refractivity contribution in [2.24, 2.45) is 5.10 Å². The summed E-state index contributed by atoms with van der Waals surface area (Å²) in [6, 6.07) is 16.8. The van der Waals surface area contributed by atoms with E-state index in [-0.39, 0.29) is 22.6 Å². The number of rotatable bonds is 8. The van der Waals surface area contributed by atoms with Gasteiger partial charge in [0.25, 0.3) is 0 Å². The number of benzene rings is 3. The number of methoxy groups -OCH3 is 1. The second-order valence-corrected chi connectivity index (χ2v) is 8.37. The van der Waals surface area contributed by atoms with Crippen LogP contribution in [0.2, 0.25) is 0 Å². The maximum atomic E-state index is 14.3. The molecule has 0 aromatic heterocycles. The fraction of sp³-hybridized carbons (Fsp3) is 0.130. The van der Waals surface area contributed by atoms with Gasteiger partial charge in [0.15, 0.2) is 5.75 Å². The molecular weight excluding hydrogens is 435 g/mol. The first-order chi connectivity index (χ1) is 15.3. The molecule has 0 aliphatic carbocycles. The van der Waals surface area contributed by atoms with Crippen LogP contribution < -0.4 is 14.3 Å². The van der Waals surface area contributed by atoms with E-state index in [4.69, 9.17) is 8.92 Å². The van der Waals surface area contributed by atoms with E-state index in [0.717, 1.165) is 17.8 Å². The van der Waals surface area contributed by atoms with Gasteiger partial charge in [0, 0.05) is 0 Å². The molecule has 0 aliphatic rings. The summed E-state index contributed by atoms with van der Waals surface area (Å²) in [6.07, 6.45) is 1.02. The molecule has 0 atom stereocenters. The summed E-state index contributed by atoms with van der Waals surface area (Å²) in [5.74, 6) is -0.842. The lowest BCUT2D eigenvalue weighted by molar-refractivity contribution is -0.120. The maximum absolute atomic E-state index is 14.3. The van der Waals surface area contributed by atoms with Crippen LogP contribution in [-0.2, 0) is 21.3 Å². The zero-order valence-corrected chi connectivity index (χ0v) is 18.2. The molecule has 0 aliphatic heterocycles. The van der Waals surface area contributed by atoms with Gasteiger partial charge < -0.3 is 8.92 Å². The standard InChI is InChI=1S/C23H21FN2O5S/c1-16-9-11-19(12-10-16)32(28,29)31-22-8-4-7-21(24)20(22)15-25-26-23(27)14-17-5-3-6-18(13-17)30-2/h3-13,15H,14H2,1-2H3,(H,26,27)/b25-15+. The van der Waals surface area contributed by atoms with Gasteiger partial charge in [-0.3, -0.25) is 4.79 Å². The summed E-state index contributed by atoms with van der Waals surface area (Å²) < 4.78 is 49.7. The number of hydrazone groups is 1. The molecule has 0 unspecified atom stereocenters. The molecule has 32 heavy (non-hydrogen) atoms. The molecule has 0 bridgehead atoms. The van der Waals surface area contributed by atoms with Gasteiger partial charge in [0.05, 0.1) is 25.3 Å². The van der Waals surface area contributed by atoms with Crippen molar-refractivity contribution in [3.63, 3.8) is 0 Å². The number of carbonyl (C=O) groups excluding carboxylic acids is 1. The Bertz CT molecular complexity index is 1240. The smallest absolute Gasteiger partial charge is 0.339 e. The monoisotopic (exact) mass is 456 g/mol. The predicted octanol–water partition coefficient (Wildman–Crippen LogP) is 3.60. The average Bonchev–Trinajstić information content (AvgIpc) is 2.76. The molecule has 0 saturated heterocycles. The molecular formula is C23H21FN2O5S. The molecule has 0 spiro atoms. The summed E-state index contributed by atoms with van der Waals surface area (Å²) in [7, 11) is -2.66. The molecule has 166 valence electrons. The van der Waals surface area contributed by atoms with Crippen molar-refractivity contribution < 1.29 is 26.5 Å². The summed E-state index contributed by atoms with van der Waals surface area (Å²) in [4.78, 5) is 12.1.